The first-order valence-corrected chi connectivity index (χ1v) is 8.12. The lowest BCUT2D eigenvalue weighted by atomic mass is 10.1. The first-order chi connectivity index (χ1) is 11.1. The fraction of sp³-hybridized carbons (Fsp3) is 0.444. The minimum absolute atomic E-state index is 0.208. The van der Waals surface area contributed by atoms with Gasteiger partial charge < -0.3 is 9.64 Å². The number of rotatable bonds is 6. The Bertz CT molecular complexity index is 660. The third-order valence-corrected chi connectivity index (χ3v) is 4.15. The van der Waals surface area contributed by atoms with E-state index in [0.29, 0.717) is 19.1 Å². The highest BCUT2D eigenvalue weighted by atomic mass is 16.5. The van der Waals surface area contributed by atoms with E-state index in [1.807, 2.05) is 46.8 Å². The fourth-order valence-corrected chi connectivity index (χ4v) is 2.92. The summed E-state index contributed by atoms with van der Waals surface area (Å²) in [5, 5.41) is 4.49. The number of benzene rings is 1. The second-order valence-electron chi connectivity index (χ2n) is 6.09. The van der Waals surface area contributed by atoms with E-state index in [1.165, 1.54) is 0 Å². The SMILES string of the molecule is Cc1cc(C)n(C2CN(C(=O)CCCOc3ccccc3)C2)n1. The summed E-state index contributed by atoms with van der Waals surface area (Å²) in [6.45, 7) is 6.16. The van der Waals surface area contributed by atoms with E-state index in [-0.39, 0.29) is 5.91 Å². The van der Waals surface area contributed by atoms with Crippen molar-refractivity contribution in [1.29, 1.82) is 0 Å². The normalized spacial score (nSPS) is 14.6. The molecule has 1 fully saturated rings. The lowest BCUT2D eigenvalue weighted by Crippen LogP contribution is -2.51. The van der Waals surface area contributed by atoms with Crippen molar-refractivity contribution in [2.75, 3.05) is 19.7 Å². The van der Waals surface area contributed by atoms with Crippen molar-refractivity contribution in [2.45, 2.75) is 32.7 Å². The number of aromatic nitrogens is 2. The van der Waals surface area contributed by atoms with E-state index < -0.39 is 0 Å². The molecule has 1 saturated heterocycles. The summed E-state index contributed by atoms with van der Waals surface area (Å²) in [4.78, 5) is 14.1. The lowest BCUT2D eigenvalue weighted by Gasteiger charge is -2.39. The number of hydrogen-bond acceptors (Lipinski definition) is 3. The molecular formula is C18H23N3O2. The Kier molecular flexibility index (Phi) is 4.65. The molecule has 2 aromatic rings. The number of para-hydroxylation sites is 1. The van der Waals surface area contributed by atoms with Crippen LogP contribution in [0, 0.1) is 13.8 Å². The van der Waals surface area contributed by atoms with Crippen LogP contribution < -0.4 is 4.74 Å². The van der Waals surface area contributed by atoms with Crippen LogP contribution in [0.2, 0.25) is 0 Å². The number of aryl methyl sites for hydroxylation is 2. The van der Waals surface area contributed by atoms with Gasteiger partial charge in [0.2, 0.25) is 5.91 Å². The van der Waals surface area contributed by atoms with Crippen LogP contribution in [0.3, 0.4) is 0 Å². The van der Waals surface area contributed by atoms with Crippen LogP contribution in [0.25, 0.3) is 0 Å². The van der Waals surface area contributed by atoms with E-state index in [2.05, 4.69) is 18.1 Å². The molecule has 0 bridgehead atoms. The summed E-state index contributed by atoms with van der Waals surface area (Å²) in [6.07, 6.45) is 1.28. The summed E-state index contributed by atoms with van der Waals surface area (Å²) >= 11 is 0. The summed E-state index contributed by atoms with van der Waals surface area (Å²) in [5.74, 6) is 1.06. The molecule has 0 unspecified atom stereocenters. The third-order valence-electron chi connectivity index (χ3n) is 4.15. The molecule has 2 heterocycles. The zero-order chi connectivity index (χ0) is 16.2. The molecule has 5 nitrogen and oxygen atoms in total. The van der Waals surface area contributed by atoms with Crippen molar-refractivity contribution >= 4 is 5.91 Å². The second-order valence-corrected chi connectivity index (χ2v) is 6.09. The molecule has 0 N–H and O–H groups in total. The average Bonchev–Trinajstić information content (AvgIpc) is 2.82. The molecule has 5 heteroatoms. The number of nitrogens with zero attached hydrogens (tertiary/aromatic N) is 3. The third kappa shape index (κ3) is 3.73. The van der Waals surface area contributed by atoms with Crippen molar-refractivity contribution < 1.29 is 9.53 Å². The lowest BCUT2D eigenvalue weighted by molar-refractivity contribution is -0.137. The van der Waals surface area contributed by atoms with Crippen LogP contribution in [0.15, 0.2) is 36.4 Å². The highest BCUT2D eigenvalue weighted by molar-refractivity contribution is 5.77. The molecule has 0 saturated carbocycles. The van der Waals surface area contributed by atoms with Gasteiger partial charge in [-0.3, -0.25) is 9.48 Å². The van der Waals surface area contributed by atoms with Gasteiger partial charge >= 0.3 is 0 Å². The molecule has 3 rings (SSSR count). The van der Waals surface area contributed by atoms with Crippen molar-refractivity contribution in [1.82, 2.24) is 14.7 Å². The van der Waals surface area contributed by atoms with Crippen LogP contribution in [-0.2, 0) is 4.79 Å². The predicted molar refractivity (Wildman–Crippen MR) is 88.5 cm³/mol. The molecular weight excluding hydrogens is 290 g/mol. The van der Waals surface area contributed by atoms with Crippen molar-refractivity contribution in [3.05, 3.63) is 47.8 Å². The van der Waals surface area contributed by atoms with Gasteiger partial charge in [-0.2, -0.15) is 5.10 Å². The van der Waals surface area contributed by atoms with Gasteiger partial charge in [-0.1, -0.05) is 18.2 Å². The Morgan fingerprint density at radius 3 is 2.65 bits per heavy atom. The zero-order valence-electron chi connectivity index (χ0n) is 13.7. The van der Waals surface area contributed by atoms with Gasteiger partial charge in [-0.15, -0.1) is 0 Å². The van der Waals surface area contributed by atoms with Crippen molar-refractivity contribution in [2.24, 2.45) is 0 Å². The van der Waals surface area contributed by atoms with Crippen molar-refractivity contribution in [3.8, 4) is 5.75 Å². The maximum atomic E-state index is 12.1. The fourth-order valence-electron chi connectivity index (χ4n) is 2.92. The Hall–Kier alpha value is -2.30. The maximum absolute atomic E-state index is 12.1. The van der Waals surface area contributed by atoms with Crippen LogP contribution >= 0.6 is 0 Å². The molecule has 1 aliphatic rings. The minimum Gasteiger partial charge on any atom is -0.494 e. The molecule has 0 atom stereocenters. The van der Waals surface area contributed by atoms with Crippen LogP contribution in [-0.4, -0.2) is 40.3 Å². The topological polar surface area (TPSA) is 47.4 Å². The molecule has 1 amide bonds. The highest BCUT2D eigenvalue weighted by Crippen LogP contribution is 2.23. The van der Waals surface area contributed by atoms with Gasteiger partial charge in [0.1, 0.15) is 5.75 Å². The van der Waals surface area contributed by atoms with Gasteiger partial charge in [0.15, 0.2) is 0 Å². The molecule has 1 aliphatic heterocycles. The molecule has 1 aromatic heterocycles. The highest BCUT2D eigenvalue weighted by Gasteiger charge is 2.32. The molecule has 1 aromatic carbocycles. The van der Waals surface area contributed by atoms with E-state index in [4.69, 9.17) is 4.74 Å². The number of carbonyl (C=O) groups excluding carboxylic acids is 1. The van der Waals surface area contributed by atoms with Crippen LogP contribution in [0.5, 0.6) is 5.75 Å². The van der Waals surface area contributed by atoms with E-state index >= 15 is 0 Å². The summed E-state index contributed by atoms with van der Waals surface area (Å²) in [6, 6.07) is 12.1. The number of ether oxygens (including phenoxy) is 1. The maximum Gasteiger partial charge on any atom is 0.222 e. The van der Waals surface area contributed by atoms with Gasteiger partial charge in [-0.05, 0) is 38.5 Å². The summed E-state index contributed by atoms with van der Waals surface area (Å²) in [5.41, 5.74) is 2.20. The van der Waals surface area contributed by atoms with Gasteiger partial charge in [0.05, 0.1) is 18.3 Å². The Labute approximate surface area is 136 Å². The Balaban J connectivity index is 1.37. The molecule has 122 valence electrons. The van der Waals surface area contributed by atoms with Gasteiger partial charge in [-0.25, -0.2) is 0 Å². The zero-order valence-corrected chi connectivity index (χ0v) is 13.7. The summed E-state index contributed by atoms with van der Waals surface area (Å²) in [7, 11) is 0. The average molecular weight is 313 g/mol. The number of hydrogen-bond donors (Lipinski definition) is 0. The quantitative estimate of drug-likeness (QED) is 0.770. The summed E-state index contributed by atoms with van der Waals surface area (Å²) < 4.78 is 7.65. The molecule has 0 spiro atoms. The monoisotopic (exact) mass is 313 g/mol. The molecule has 23 heavy (non-hydrogen) atoms. The number of amides is 1. The minimum atomic E-state index is 0.208. The second kappa shape index (κ2) is 6.86. The van der Waals surface area contributed by atoms with Gasteiger partial charge in [0.25, 0.3) is 0 Å². The largest absolute Gasteiger partial charge is 0.494 e. The molecule has 0 radical (unpaired) electrons. The smallest absolute Gasteiger partial charge is 0.222 e. The molecule has 0 aliphatic carbocycles. The van der Waals surface area contributed by atoms with Crippen LogP contribution in [0.4, 0.5) is 0 Å². The van der Waals surface area contributed by atoms with Gasteiger partial charge in [0, 0.05) is 25.2 Å². The van der Waals surface area contributed by atoms with Crippen LogP contribution in [0.1, 0.15) is 30.3 Å². The number of likely N-dealkylation sites (tertiary alicyclic amines) is 1. The number of carbonyl (C=O) groups is 1. The first-order valence-electron chi connectivity index (χ1n) is 8.12. The van der Waals surface area contributed by atoms with Crippen molar-refractivity contribution in [3.63, 3.8) is 0 Å². The standard InChI is InChI=1S/C18H23N3O2/c1-14-11-15(2)21(19-14)16-12-20(13-16)18(22)9-6-10-23-17-7-4-3-5-8-17/h3-5,7-8,11,16H,6,9-10,12-13H2,1-2H3. The van der Waals surface area contributed by atoms with E-state index in [1.54, 1.807) is 0 Å². The van der Waals surface area contributed by atoms with E-state index in [9.17, 15) is 4.79 Å². The Morgan fingerprint density at radius 1 is 1.26 bits per heavy atom. The first kappa shape index (κ1) is 15.6. The Morgan fingerprint density at radius 2 is 2.00 bits per heavy atom. The van der Waals surface area contributed by atoms with E-state index in [0.717, 1.165) is 36.6 Å². The predicted octanol–water partition coefficient (Wildman–Crippen LogP) is 2.74.